The fourth-order valence-corrected chi connectivity index (χ4v) is 1.61. The number of aromatic nitrogens is 2. The molecule has 5 nitrogen and oxygen atoms in total. The molecule has 5 heteroatoms. The van der Waals surface area contributed by atoms with Gasteiger partial charge in [-0.3, -0.25) is 0 Å². The molecule has 0 aliphatic rings. The van der Waals surface area contributed by atoms with E-state index >= 15 is 0 Å². The summed E-state index contributed by atoms with van der Waals surface area (Å²) in [6.45, 7) is 3.89. The van der Waals surface area contributed by atoms with Gasteiger partial charge in [0.15, 0.2) is 0 Å². The Kier molecular flexibility index (Phi) is 3.75. The molecule has 0 unspecified atom stereocenters. The molecule has 1 N–H and O–H groups in total. The molecule has 2 rings (SSSR count). The molecule has 2 aromatic rings. The highest BCUT2D eigenvalue weighted by atomic mass is 16.5. The van der Waals surface area contributed by atoms with Crippen LogP contribution in [0.5, 0.6) is 0 Å². The molecule has 1 aromatic carbocycles. The van der Waals surface area contributed by atoms with Crippen LogP contribution in [0.15, 0.2) is 30.6 Å². The van der Waals surface area contributed by atoms with Gasteiger partial charge in [-0.15, -0.1) is 0 Å². The normalized spacial score (nSPS) is 10.1. The lowest BCUT2D eigenvalue weighted by molar-refractivity contribution is 0.0601. The number of ether oxygens (including phenoxy) is 1. The second-order valence-corrected chi connectivity index (χ2v) is 4.13. The number of hydrogen-bond donors (Lipinski definition) is 1. The Morgan fingerprint density at radius 1 is 1.16 bits per heavy atom. The Labute approximate surface area is 111 Å². The molecule has 0 aliphatic carbocycles. The van der Waals surface area contributed by atoms with Gasteiger partial charge in [-0.05, 0) is 38.1 Å². The summed E-state index contributed by atoms with van der Waals surface area (Å²) in [6, 6.07) is 7.03. The third kappa shape index (κ3) is 2.88. The minimum absolute atomic E-state index is 0.347. The monoisotopic (exact) mass is 257 g/mol. The van der Waals surface area contributed by atoms with E-state index in [0.717, 1.165) is 22.8 Å². The molecule has 0 atom stereocenters. The molecule has 0 radical (unpaired) electrons. The first-order valence-electron chi connectivity index (χ1n) is 5.85. The summed E-state index contributed by atoms with van der Waals surface area (Å²) in [5.74, 6) is 0.416. The Bertz CT molecular complexity index is 594. The average molecular weight is 257 g/mol. The van der Waals surface area contributed by atoms with Gasteiger partial charge in [0.1, 0.15) is 12.1 Å². The fourth-order valence-electron chi connectivity index (χ4n) is 1.61. The minimum Gasteiger partial charge on any atom is -0.465 e. The average Bonchev–Trinajstić information content (AvgIpc) is 2.44. The smallest absolute Gasteiger partial charge is 0.337 e. The molecular weight excluding hydrogens is 242 g/mol. The number of carbonyl (C=O) groups is 1. The largest absolute Gasteiger partial charge is 0.465 e. The van der Waals surface area contributed by atoms with Gasteiger partial charge in [0.25, 0.3) is 0 Å². The minimum atomic E-state index is -0.347. The molecule has 19 heavy (non-hydrogen) atoms. The second-order valence-electron chi connectivity index (χ2n) is 4.13. The molecule has 0 saturated carbocycles. The van der Waals surface area contributed by atoms with Gasteiger partial charge in [-0.25, -0.2) is 14.8 Å². The zero-order chi connectivity index (χ0) is 13.8. The molecule has 0 fully saturated rings. The van der Waals surface area contributed by atoms with Gasteiger partial charge >= 0.3 is 5.97 Å². The molecule has 0 saturated heterocycles. The standard InChI is InChI=1S/C14H15N3O2/c1-9-10(2)15-8-16-13(9)17-12-6-4-11(5-7-12)14(18)19-3/h4-8H,1-3H3,(H,15,16,17). The van der Waals surface area contributed by atoms with Gasteiger partial charge in [-0.1, -0.05) is 0 Å². The maximum atomic E-state index is 11.3. The van der Waals surface area contributed by atoms with Crippen molar-refractivity contribution in [2.75, 3.05) is 12.4 Å². The van der Waals surface area contributed by atoms with Gasteiger partial charge in [0.05, 0.1) is 12.7 Å². The second kappa shape index (κ2) is 5.48. The molecular formula is C14H15N3O2. The van der Waals surface area contributed by atoms with E-state index < -0.39 is 0 Å². The van der Waals surface area contributed by atoms with Crippen LogP contribution in [0, 0.1) is 13.8 Å². The number of anilines is 2. The van der Waals surface area contributed by atoms with E-state index in [4.69, 9.17) is 0 Å². The fraction of sp³-hybridized carbons (Fsp3) is 0.214. The number of aryl methyl sites for hydroxylation is 1. The number of carbonyl (C=O) groups excluding carboxylic acids is 1. The Hall–Kier alpha value is -2.43. The Morgan fingerprint density at radius 3 is 2.47 bits per heavy atom. The quantitative estimate of drug-likeness (QED) is 0.856. The molecule has 1 heterocycles. The summed E-state index contributed by atoms with van der Waals surface area (Å²) in [5, 5.41) is 3.19. The third-order valence-electron chi connectivity index (χ3n) is 2.90. The first-order chi connectivity index (χ1) is 9.11. The maximum absolute atomic E-state index is 11.3. The van der Waals surface area contributed by atoms with E-state index in [9.17, 15) is 4.79 Å². The van der Waals surface area contributed by atoms with Gasteiger partial charge in [0, 0.05) is 16.9 Å². The Balaban J connectivity index is 2.20. The van der Waals surface area contributed by atoms with Crippen molar-refractivity contribution in [1.29, 1.82) is 0 Å². The van der Waals surface area contributed by atoms with Crippen LogP contribution in [-0.2, 0) is 4.74 Å². The van der Waals surface area contributed by atoms with Crippen LogP contribution in [-0.4, -0.2) is 23.0 Å². The van der Waals surface area contributed by atoms with Crippen molar-refractivity contribution in [3.8, 4) is 0 Å². The van der Waals surface area contributed by atoms with Crippen molar-refractivity contribution < 1.29 is 9.53 Å². The first kappa shape index (κ1) is 13.0. The van der Waals surface area contributed by atoms with E-state index in [-0.39, 0.29) is 5.97 Å². The molecule has 98 valence electrons. The molecule has 1 aromatic heterocycles. The van der Waals surface area contributed by atoms with Crippen LogP contribution in [0.25, 0.3) is 0 Å². The summed E-state index contributed by atoms with van der Waals surface area (Å²) in [5.41, 5.74) is 3.31. The number of rotatable bonds is 3. The maximum Gasteiger partial charge on any atom is 0.337 e. The SMILES string of the molecule is COC(=O)c1ccc(Nc2ncnc(C)c2C)cc1. The van der Waals surface area contributed by atoms with Crippen LogP contribution >= 0.6 is 0 Å². The number of benzene rings is 1. The predicted octanol–water partition coefficient (Wildman–Crippen LogP) is 2.62. The van der Waals surface area contributed by atoms with Gasteiger partial charge in [-0.2, -0.15) is 0 Å². The number of methoxy groups -OCH3 is 1. The van der Waals surface area contributed by atoms with Crippen LogP contribution in [0.3, 0.4) is 0 Å². The topological polar surface area (TPSA) is 64.1 Å². The zero-order valence-electron chi connectivity index (χ0n) is 11.1. The van der Waals surface area contributed by atoms with Crippen LogP contribution in [0.1, 0.15) is 21.6 Å². The first-order valence-corrected chi connectivity index (χ1v) is 5.85. The van der Waals surface area contributed by atoms with E-state index in [1.54, 1.807) is 12.1 Å². The highest BCUT2D eigenvalue weighted by molar-refractivity contribution is 5.89. The number of hydrogen-bond acceptors (Lipinski definition) is 5. The van der Waals surface area contributed by atoms with E-state index in [2.05, 4.69) is 20.0 Å². The van der Waals surface area contributed by atoms with Gasteiger partial charge < -0.3 is 10.1 Å². The van der Waals surface area contributed by atoms with E-state index in [1.165, 1.54) is 13.4 Å². The molecule has 0 aliphatic heterocycles. The van der Waals surface area contributed by atoms with Crippen LogP contribution in [0.2, 0.25) is 0 Å². The molecule has 0 bridgehead atoms. The van der Waals surface area contributed by atoms with E-state index in [1.807, 2.05) is 26.0 Å². The van der Waals surface area contributed by atoms with Crippen molar-refractivity contribution in [2.24, 2.45) is 0 Å². The lowest BCUT2D eigenvalue weighted by Crippen LogP contribution is -2.02. The number of nitrogens with zero attached hydrogens (tertiary/aromatic N) is 2. The summed E-state index contributed by atoms with van der Waals surface area (Å²) in [7, 11) is 1.36. The van der Waals surface area contributed by atoms with Crippen LogP contribution in [0.4, 0.5) is 11.5 Å². The molecule has 0 spiro atoms. The van der Waals surface area contributed by atoms with Crippen molar-refractivity contribution in [1.82, 2.24) is 9.97 Å². The van der Waals surface area contributed by atoms with Crippen molar-refractivity contribution in [3.05, 3.63) is 47.4 Å². The van der Waals surface area contributed by atoms with Crippen molar-refractivity contribution in [2.45, 2.75) is 13.8 Å². The Morgan fingerprint density at radius 2 is 1.84 bits per heavy atom. The van der Waals surface area contributed by atoms with Crippen molar-refractivity contribution in [3.63, 3.8) is 0 Å². The third-order valence-corrected chi connectivity index (χ3v) is 2.90. The highest BCUT2D eigenvalue weighted by Gasteiger charge is 2.06. The summed E-state index contributed by atoms with van der Waals surface area (Å²) >= 11 is 0. The summed E-state index contributed by atoms with van der Waals surface area (Å²) in [6.07, 6.45) is 1.52. The molecule has 0 amide bonds. The van der Waals surface area contributed by atoms with Crippen molar-refractivity contribution >= 4 is 17.5 Å². The van der Waals surface area contributed by atoms with Crippen LogP contribution < -0.4 is 5.32 Å². The number of nitrogens with one attached hydrogen (secondary N) is 1. The lowest BCUT2D eigenvalue weighted by Gasteiger charge is -2.09. The summed E-state index contributed by atoms with van der Waals surface area (Å²) in [4.78, 5) is 19.6. The zero-order valence-corrected chi connectivity index (χ0v) is 11.1. The van der Waals surface area contributed by atoms with Gasteiger partial charge in [0.2, 0.25) is 0 Å². The number of esters is 1. The predicted molar refractivity (Wildman–Crippen MR) is 72.6 cm³/mol. The summed E-state index contributed by atoms with van der Waals surface area (Å²) < 4.78 is 4.65. The lowest BCUT2D eigenvalue weighted by atomic mass is 10.2. The van der Waals surface area contributed by atoms with E-state index in [0.29, 0.717) is 5.56 Å². The highest BCUT2D eigenvalue weighted by Crippen LogP contribution is 2.19.